The molecule has 1 aliphatic rings. The zero-order chi connectivity index (χ0) is 21.8. The highest BCUT2D eigenvalue weighted by atomic mass is 32.1. The van der Waals surface area contributed by atoms with Crippen LogP contribution in [0.25, 0.3) is 0 Å². The van der Waals surface area contributed by atoms with Crippen LogP contribution in [0.4, 0.5) is 5.69 Å². The van der Waals surface area contributed by atoms with Gasteiger partial charge >= 0.3 is 0 Å². The van der Waals surface area contributed by atoms with Crippen molar-refractivity contribution in [3.8, 4) is 11.5 Å². The van der Waals surface area contributed by atoms with Crippen LogP contribution in [-0.4, -0.2) is 42.6 Å². The molecule has 0 spiro atoms. The first-order chi connectivity index (χ1) is 15.2. The summed E-state index contributed by atoms with van der Waals surface area (Å²) < 4.78 is 18.6. The Morgan fingerprint density at radius 1 is 1.06 bits per heavy atom. The van der Waals surface area contributed by atoms with Crippen LogP contribution in [0, 0.1) is 0 Å². The van der Waals surface area contributed by atoms with Crippen LogP contribution >= 0.6 is 12.2 Å². The first-order valence-electron chi connectivity index (χ1n) is 10.0. The van der Waals surface area contributed by atoms with Crippen LogP contribution in [0.2, 0.25) is 0 Å². The van der Waals surface area contributed by atoms with Crippen molar-refractivity contribution in [1.29, 1.82) is 0 Å². The fourth-order valence-electron chi connectivity index (χ4n) is 3.99. The van der Waals surface area contributed by atoms with E-state index < -0.39 is 0 Å². The molecule has 0 aliphatic carbocycles. The van der Waals surface area contributed by atoms with Gasteiger partial charge in [-0.1, -0.05) is 6.07 Å². The van der Waals surface area contributed by atoms with Crippen molar-refractivity contribution in [2.75, 3.05) is 32.8 Å². The van der Waals surface area contributed by atoms with E-state index in [1.807, 2.05) is 42.5 Å². The van der Waals surface area contributed by atoms with Crippen LogP contribution in [0.15, 0.2) is 60.9 Å². The van der Waals surface area contributed by atoms with Crippen molar-refractivity contribution in [2.45, 2.75) is 18.6 Å². The lowest BCUT2D eigenvalue weighted by atomic mass is 10.0. The summed E-state index contributed by atoms with van der Waals surface area (Å²) >= 11 is 5.82. The van der Waals surface area contributed by atoms with E-state index in [9.17, 15) is 0 Å². The van der Waals surface area contributed by atoms with E-state index in [4.69, 9.17) is 26.4 Å². The van der Waals surface area contributed by atoms with Gasteiger partial charge in [-0.25, -0.2) is 0 Å². The van der Waals surface area contributed by atoms with Crippen molar-refractivity contribution in [3.05, 3.63) is 72.3 Å². The minimum absolute atomic E-state index is 0.128. The molecule has 7 nitrogen and oxygen atoms in total. The number of aromatic nitrogens is 2. The Balaban J connectivity index is 1.84. The monoisotopic (exact) mass is 438 g/mol. The van der Waals surface area contributed by atoms with Gasteiger partial charge in [-0.15, -0.1) is 0 Å². The predicted molar refractivity (Wildman–Crippen MR) is 124 cm³/mol. The second kappa shape index (κ2) is 9.36. The van der Waals surface area contributed by atoms with Gasteiger partial charge in [-0.3, -0.25) is 4.98 Å². The molecule has 2 atom stereocenters. The van der Waals surface area contributed by atoms with E-state index in [1.54, 1.807) is 27.5 Å². The van der Waals surface area contributed by atoms with Crippen molar-refractivity contribution in [2.24, 2.45) is 0 Å². The molecule has 0 radical (unpaired) electrons. The van der Waals surface area contributed by atoms with Crippen molar-refractivity contribution >= 4 is 23.0 Å². The first kappa shape index (κ1) is 21.1. The number of nitrogens with one attached hydrogen (secondary N) is 1. The average Bonchev–Trinajstić information content (AvgIpc) is 3.41. The van der Waals surface area contributed by atoms with Crippen LogP contribution in [0.3, 0.4) is 0 Å². The lowest BCUT2D eigenvalue weighted by Gasteiger charge is -2.30. The van der Waals surface area contributed by atoms with Gasteiger partial charge < -0.3 is 29.0 Å². The molecule has 1 aliphatic heterocycles. The summed E-state index contributed by atoms with van der Waals surface area (Å²) in [6, 6.07) is 15.6. The summed E-state index contributed by atoms with van der Waals surface area (Å²) in [5, 5.41) is 4.10. The molecular weight excluding hydrogens is 412 g/mol. The standard InChI is InChI=1S/C23H26N4O3S/c1-28-14-13-26-12-6-8-19(26)22-21(17-7-4-5-11-24-17)25-23(31)27(22)18-10-9-16(29-2)15-20(18)30-3/h4-12,15,21-22H,13-14H2,1-3H3,(H,25,31)/t21-,22+/m1/s1. The van der Waals surface area contributed by atoms with E-state index in [0.29, 0.717) is 17.5 Å². The maximum atomic E-state index is 5.82. The summed E-state index contributed by atoms with van der Waals surface area (Å²) in [6.07, 6.45) is 3.87. The predicted octanol–water partition coefficient (Wildman–Crippen LogP) is 3.72. The summed E-state index contributed by atoms with van der Waals surface area (Å²) in [5.74, 6) is 1.41. The molecule has 0 saturated carbocycles. The molecule has 2 aromatic heterocycles. The molecule has 0 amide bonds. The SMILES string of the molecule is COCCn1cccc1[C@H]1[C@@H](c2ccccn2)NC(=S)N1c1ccc(OC)cc1OC. The zero-order valence-electron chi connectivity index (χ0n) is 17.8. The Morgan fingerprint density at radius 2 is 1.94 bits per heavy atom. The second-order valence-electron chi connectivity index (χ2n) is 7.15. The third-order valence-corrected chi connectivity index (χ3v) is 5.76. The Morgan fingerprint density at radius 3 is 2.65 bits per heavy atom. The molecule has 3 aromatic rings. The van der Waals surface area contributed by atoms with Crippen LogP contribution in [-0.2, 0) is 11.3 Å². The molecule has 1 N–H and O–H groups in total. The van der Waals surface area contributed by atoms with E-state index in [1.165, 1.54) is 0 Å². The maximum absolute atomic E-state index is 5.82. The van der Waals surface area contributed by atoms with Crippen LogP contribution in [0.5, 0.6) is 11.5 Å². The third-order valence-electron chi connectivity index (χ3n) is 5.45. The highest BCUT2D eigenvalue weighted by Crippen LogP contribution is 2.45. The Hall–Kier alpha value is -3.10. The molecule has 1 saturated heterocycles. The number of hydrogen-bond acceptors (Lipinski definition) is 5. The van der Waals surface area contributed by atoms with Crippen molar-refractivity contribution in [3.63, 3.8) is 0 Å². The molecular formula is C23H26N4O3S. The number of rotatable bonds is 8. The number of nitrogens with zero attached hydrogens (tertiary/aromatic N) is 3. The molecule has 1 aromatic carbocycles. The molecule has 8 heteroatoms. The van der Waals surface area contributed by atoms with Gasteiger partial charge in [0.05, 0.1) is 38.2 Å². The number of thiocarbonyl (C=S) groups is 1. The number of ether oxygens (including phenoxy) is 3. The maximum Gasteiger partial charge on any atom is 0.174 e. The smallest absolute Gasteiger partial charge is 0.174 e. The van der Waals surface area contributed by atoms with E-state index in [0.717, 1.165) is 29.4 Å². The largest absolute Gasteiger partial charge is 0.497 e. The summed E-state index contributed by atoms with van der Waals surface area (Å²) in [6.45, 7) is 1.36. The first-order valence-corrected chi connectivity index (χ1v) is 10.5. The normalized spacial score (nSPS) is 18.2. The topological polar surface area (TPSA) is 60.8 Å². The minimum Gasteiger partial charge on any atom is -0.497 e. The van der Waals surface area contributed by atoms with E-state index in [-0.39, 0.29) is 12.1 Å². The molecule has 0 unspecified atom stereocenters. The zero-order valence-corrected chi connectivity index (χ0v) is 18.6. The quantitative estimate of drug-likeness (QED) is 0.538. The molecule has 0 bridgehead atoms. The summed E-state index contributed by atoms with van der Waals surface area (Å²) in [4.78, 5) is 6.71. The molecule has 4 rings (SSSR count). The van der Waals surface area contributed by atoms with Crippen molar-refractivity contribution in [1.82, 2.24) is 14.9 Å². The highest BCUT2D eigenvalue weighted by Gasteiger charge is 2.43. The van der Waals surface area contributed by atoms with Crippen molar-refractivity contribution < 1.29 is 14.2 Å². The number of pyridine rings is 1. The molecule has 1 fully saturated rings. The Kier molecular flexibility index (Phi) is 6.39. The van der Waals surface area contributed by atoms with Crippen LogP contribution < -0.4 is 19.7 Å². The summed E-state index contributed by atoms with van der Waals surface area (Å²) in [5.41, 5.74) is 2.89. The van der Waals surface area contributed by atoms with Gasteiger partial charge in [0.1, 0.15) is 17.5 Å². The Labute approximate surface area is 187 Å². The molecule has 31 heavy (non-hydrogen) atoms. The van der Waals surface area contributed by atoms with Crippen LogP contribution in [0.1, 0.15) is 23.5 Å². The van der Waals surface area contributed by atoms with Gasteiger partial charge in [0.15, 0.2) is 5.11 Å². The lowest BCUT2D eigenvalue weighted by Crippen LogP contribution is -2.31. The minimum atomic E-state index is -0.128. The van der Waals surface area contributed by atoms with Gasteiger partial charge in [-0.2, -0.15) is 0 Å². The second-order valence-corrected chi connectivity index (χ2v) is 7.54. The van der Waals surface area contributed by atoms with E-state index in [2.05, 4.69) is 32.0 Å². The fraction of sp³-hybridized carbons (Fsp3) is 0.304. The Bertz CT molecular complexity index is 1040. The van der Waals surface area contributed by atoms with Gasteiger partial charge in [0, 0.05) is 37.8 Å². The number of anilines is 1. The average molecular weight is 439 g/mol. The van der Waals surface area contributed by atoms with Gasteiger partial charge in [-0.05, 0) is 48.6 Å². The molecule has 3 heterocycles. The fourth-order valence-corrected chi connectivity index (χ4v) is 4.33. The van der Waals surface area contributed by atoms with Gasteiger partial charge in [0.2, 0.25) is 0 Å². The summed E-state index contributed by atoms with van der Waals surface area (Å²) in [7, 11) is 5.00. The van der Waals surface area contributed by atoms with E-state index >= 15 is 0 Å². The number of hydrogen-bond donors (Lipinski definition) is 1. The third kappa shape index (κ3) is 4.08. The molecule has 162 valence electrons. The lowest BCUT2D eigenvalue weighted by molar-refractivity contribution is 0.186. The number of methoxy groups -OCH3 is 3. The number of benzene rings is 1. The van der Waals surface area contributed by atoms with Gasteiger partial charge in [0.25, 0.3) is 0 Å². The highest BCUT2D eigenvalue weighted by molar-refractivity contribution is 7.80.